The SMILES string of the molecule is CCC(C(=O)NC1CCCC1)N(Cc1cccc(C)c1)C(=O)Cc1cccc(Cl)c1. The van der Waals surface area contributed by atoms with Crippen LogP contribution in [0.4, 0.5) is 0 Å². The lowest BCUT2D eigenvalue weighted by Crippen LogP contribution is -2.51. The lowest BCUT2D eigenvalue weighted by atomic mass is 10.1. The van der Waals surface area contributed by atoms with E-state index in [9.17, 15) is 9.59 Å². The Morgan fingerprint density at radius 2 is 1.80 bits per heavy atom. The van der Waals surface area contributed by atoms with Crippen molar-refractivity contribution in [2.75, 3.05) is 0 Å². The third-order valence-electron chi connectivity index (χ3n) is 5.77. The average Bonchev–Trinajstić information content (AvgIpc) is 3.21. The fourth-order valence-corrected chi connectivity index (χ4v) is 4.43. The molecule has 2 aromatic carbocycles. The number of aryl methyl sites for hydroxylation is 1. The highest BCUT2D eigenvalue weighted by atomic mass is 35.5. The number of hydrogen-bond donors (Lipinski definition) is 1. The molecule has 2 amide bonds. The molecule has 1 saturated carbocycles. The Morgan fingerprint density at radius 3 is 2.47 bits per heavy atom. The Labute approximate surface area is 184 Å². The summed E-state index contributed by atoms with van der Waals surface area (Å²) in [7, 11) is 0. The van der Waals surface area contributed by atoms with Gasteiger partial charge in [-0.1, -0.05) is 73.3 Å². The molecule has 0 radical (unpaired) electrons. The van der Waals surface area contributed by atoms with Gasteiger partial charge in [0, 0.05) is 17.6 Å². The first-order valence-corrected chi connectivity index (χ1v) is 11.2. The molecule has 2 aromatic rings. The molecule has 5 heteroatoms. The molecule has 30 heavy (non-hydrogen) atoms. The van der Waals surface area contributed by atoms with E-state index in [0.717, 1.165) is 42.4 Å². The molecule has 1 fully saturated rings. The minimum atomic E-state index is -0.488. The number of nitrogens with one attached hydrogen (secondary N) is 1. The van der Waals surface area contributed by atoms with Gasteiger partial charge in [-0.3, -0.25) is 9.59 Å². The molecule has 3 rings (SSSR count). The monoisotopic (exact) mass is 426 g/mol. The summed E-state index contributed by atoms with van der Waals surface area (Å²) in [5.74, 6) is -0.108. The molecular formula is C25H31ClN2O2. The Kier molecular flexibility index (Phi) is 7.92. The maximum absolute atomic E-state index is 13.4. The summed E-state index contributed by atoms with van der Waals surface area (Å²) in [5.41, 5.74) is 3.02. The van der Waals surface area contributed by atoms with Crippen LogP contribution in [0.25, 0.3) is 0 Å². The minimum Gasteiger partial charge on any atom is -0.352 e. The van der Waals surface area contributed by atoms with Crippen LogP contribution < -0.4 is 5.32 Å². The number of amides is 2. The van der Waals surface area contributed by atoms with Crippen LogP contribution in [0.1, 0.15) is 55.7 Å². The molecule has 1 aliphatic carbocycles. The van der Waals surface area contributed by atoms with Gasteiger partial charge in [0.25, 0.3) is 0 Å². The summed E-state index contributed by atoms with van der Waals surface area (Å²) < 4.78 is 0. The molecule has 0 saturated heterocycles. The number of rotatable bonds is 8. The van der Waals surface area contributed by atoms with E-state index in [2.05, 4.69) is 11.4 Å². The van der Waals surface area contributed by atoms with Crippen LogP contribution in [-0.2, 0) is 22.6 Å². The predicted octanol–water partition coefficient (Wildman–Crippen LogP) is 5.06. The molecular weight excluding hydrogens is 396 g/mol. The van der Waals surface area contributed by atoms with Gasteiger partial charge in [0.2, 0.25) is 11.8 Å². The molecule has 160 valence electrons. The first-order chi connectivity index (χ1) is 14.5. The highest BCUT2D eigenvalue weighted by molar-refractivity contribution is 6.30. The van der Waals surface area contributed by atoms with Crippen LogP contribution in [-0.4, -0.2) is 28.8 Å². The molecule has 1 N–H and O–H groups in total. The van der Waals surface area contributed by atoms with Gasteiger partial charge in [-0.2, -0.15) is 0 Å². The van der Waals surface area contributed by atoms with Crippen molar-refractivity contribution in [1.29, 1.82) is 0 Å². The van der Waals surface area contributed by atoms with Gasteiger partial charge in [0.15, 0.2) is 0 Å². The second-order valence-electron chi connectivity index (χ2n) is 8.23. The smallest absolute Gasteiger partial charge is 0.243 e. The average molecular weight is 427 g/mol. The maximum Gasteiger partial charge on any atom is 0.243 e. The highest BCUT2D eigenvalue weighted by Gasteiger charge is 2.30. The fourth-order valence-electron chi connectivity index (χ4n) is 4.22. The molecule has 4 nitrogen and oxygen atoms in total. The Morgan fingerprint density at radius 1 is 1.10 bits per heavy atom. The maximum atomic E-state index is 13.4. The molecule has 1 atom stereocenters. The van der Waals surface area contributed by atoms with Crippen molar-refractivity contribution >= 4 is 23.4 Å². The number of benzene rings is 2. The zero-order valence-electron chi connectivity index (χ0n) is 17.9. The van der Waals surface area contributed by atoms with Gasteiger partial charge < -0.3 is 10.2 Å². The van der Waals surface area contributed by atoms with E-state index in [4.69, 9.17) is 11.6 Å². The molecule has 0 heterocycles. The molecule has 0 aliphatic heterocycles. The van der Waals surface area contributed by atoms with E-state index < -0.39 is 6.04 Å². The van der Waals surface area contributed by atoms with Gasteiger partial charge in [-0.25, -0.2) is 0 Å². The highest BCUT2D eigenvalue weighted by Crippen LogP contribution is 2.20. The van der Waals surface area contributed by atoms with Crippen molar-refractivity contribution in [3.63, 3.8) is 0 Å². The Bertz CT molecular complexity index is 877. The second kappa shape index (κ2) is 10.6. The van der Waals surface area contributed by atoms with Crippen molar-refractivity contribution in [3.05, 3.63) is 70.2 Å². The van der Waals surface area contributed by atoms with Crippen molar-refractivity contribution in [2.45, 2.75) is 71.0 Å². The Hall–Kier alpha value is -2.33. The van der Waals surface area contributed by atoms with E-state index in [1.165, 1.54) is 0 Å². The van der Waals surface area contributed by atoms with E-state index in [-0.39, 0.29) is 24.3 Å². The van der Waals surface area contributed by atoms with Gasteiger partial charge in [0.1, 0.15) is 6.04 Å². The molecule has 1 unspecified atom stereocenters. The van der Waals surface area contributed by atoms with Gasteiger partial charge in [-0.05, 0) is 49.4 Å². The van der Waals surface area contributed by atoms with Crippen molar-refractivity contribution in [1.82, 2.24) is 10.2 Å². The summed E-state index contributed by atoms with van der Waals surface area (Å²) in [4.78, 5) is 28.2. The Balaban J connectivity index is 1.82. The zero-order chi connectivity index (χ0) is 21.5. The molecule has 0 aromatic heterocycles. The summed E-state index contributed by atoms with van der Waals surface area (Å²) in [6.07, 6.45) is 5.16. The van der Waals surface area contributed by atoms with Crippen LogP contribution in [0.15, 0.2) is 48.5 Å². The van der Waals surface area contributed by atoms with Crippen LogP contribution in [0, 0.1) is 6.92 Å². The number of carbonyl (C=O) groups is 2. The number of halogens is 1. The molecule has 0 spiro atoms. The quantitative estimate of drug-likeness (QED) is 0.641. The normalized spacial score (nSPS) is 15.0. The largest absolute Gasteiger partial charge is 0.352 e. The van der Waals surface area contributed by atoms with E-state index in [1.807, 2.05) is 50.2 Å². The third kappa shape index (κ3) is 6.09. The van der Waals surface area contributed by atoms with Gasteiger partial charge in [-0.15, -0.1) is 0 Å². The van der Waals surface area contributed by atoms with Crippen LogP contribution in [0.2, 0.25) is 5.02 Å². The van der Waals surface area contributed by atoms with Crippen LogP contribution >= 0.6 is 11.6 Å². The lowest BCUT2D eigenvalue weighted by Gasteiger charge is -2.31. The predicted molar refractivity (Wildman–Crippen MR) is 121 cm³/mol. The fraction of sp³-hybridized carbons (Fsp3) is 0.440. The van der Waals surface area contributed by atoms with E-state index in [0.29, 0.717) is 18.0 Å². The summed E-state index contributed by atoms with van der Waals surface area (Å²) in [5, 5.41) is 3.79. The first-order valence-electron chi connectivity index (χ1n) is 10.9. The lowest BCUT2D eigenvalue weighted by molar-refractivity contribution is -0.141. The zero-order valence-corrected chi connectivity index (χ0v) is 18.6. The number of carbonyl (C=O) groups excluding carboxylic acids is 2. The van der Waals surface area contributed by atoms with Crippen LogP contribution in [0.5, 0.6) is 0 Å². The second-order valence-corrected chi connectivity index (χ2v) is 8.67. The van der Waals surface area contributed by atoms with Gasteiger partial charge in [0.05, 0.1) is 6.42 Å². The molecule has 0 bridgehead atoms. The van der Waals surface area contributed by atoms with Crippen molar-refractivity contribution in [2.24, 2.45) is 0 Å². The molecule has 1 aliphatic rings. The van der Waals surface area contributed by atoms with Crippen molar-refractivity contribution < 1.29 is 9.59 Å². The van der Waals surface area contributed by atoms with E-state index in [1.54, 1.807) is 11.0 Å². The summed E-state index contributed by atoms with van der Waals surface area (Å²) in [6, 6.07) is 15.2. The summed E-state index contributed by atoms with van der Waals surface area (Å²) >= 11 is 6.10. The third-order valence-corrected chi connectivity index (χ3v) is 6.00. The van der Waals surface area contributed by atoms with Crippen LogP contribution in [0.3, 0.4) is 0 Å². The summed E-state index contributed by atoms with van der Waals surface area (Å²) in [6.45, 7) is 4.41. The number of nitrogens with zero attached hydrogens (tertiary/aromatic N) is 1. The van der Waals surface area contributed by atoms with E-state index >= 15 is 0 Å². The van der Waals surface area contributed by atoms with Gasteiger partial charge >= 0.3 is 0 Å². The number of hydrogen-bond acceptors (Lipinski definition) is 2. The van der Waals surface area contributed by atoms with Crippen molar-refractivity contribution in [3.8, 4) is 0 Å². The minimum absolute atomic E-state index is 0.0449. The topological polar surface area (TPSA) is 49.4 Å². The standard InChI is InChI=1S/C25H31ClN2O2/c1-3-23(25(30)27-22-12-4-5-13-22)28(17-20-10-6-8-18(2)14-20)24(29)16-19-9-7-11-21(26)15-19/h6-11,14-15,22-23H,3-5,12-13,16-17H2,1-2H3,(H,27,30). The first kappa shape index (κ1) is 22.4.